The number of aliphatic hydroxyl groups excluding tert-OH is 2. The molecule has 1 aliphatic carbocycles. The number of Topliss-reactive ketones (excluding diaryl/α,β-unsaturated/α-hetero) is 1. The number of nitrogens with zero attached hydrogens (tertiary/aromatic N) is 1. The van der Waals surface area contributed by atoms with E-state index in [1.807, 2.05) is 11.0 Å². The highest BCUT2D eigenvalue weighted by Gasteiger charge is 2.54. The molecule has 5 rings (SSSR count). The summed E-state index contributed by atoms with van der Waals surface area (Å²) in [6.07, 6.45) is 0.748. The minimum absolute atomic E-state index is 0.127. The van der Waals surface area contributed by atoms with E-state index in [4.69, 9.17) is 0 Å². The van der Waals surface area contributed by atoms with Crippen LogP contribution >= 0.6 is 0 Å². The first-order chi connectivity index (χ1) is 15.9. The van der Waals surface area contributed by atoms with Crippen molar-refractivity contribution >= 4 is 22.4 Å². The fraction of sp³-hybridized carbons (Fsp3) is 0.360. The molecule has 3 N–H and O–H groups in total. The topological polar surface area (TPSA) is 93.6 Å². The minimum Gasteiger partial charge on any atom is -0.396 e. The van der Waals surface area contributed by atoms with Crippen LogP contribution in [0.5, 0.6) is 0 Å². The number of H-pyrrole nitrogens is 1. The Hall–Kier alpha value is -3.10. The van der Waals surface area contributed by atoms with E-state index >= 15 is 0 Å². The lowest BCUT2D eigenvalue weighted by Gasteiger charge is -2.40. The number of aliphatic hydroxyl groups is 2. The quantitative estimate of drug-likeness (QED) is 0.564. The van der Waals surface area contributed by atoms with Crippen LogP contribution in [-0.2, 0) is 16.8 Å². The molecule has 2 heterocycles. The predicted molar refractivity (Wildman–Crippen MR) is 119 cm³/mol. The van der Waals surface area contributed by atoms with Gasteiger partial charge in [0.1, 0.15) is 17.5 Å². The SMILES string of the molecule is O=C1C(CCO)c2cc(F)cc(F)c2C12CCN(c1cc3c(CO)cccc3c(=O)[nH]1)CC2. The molecule has 2 aromatic carbocycles. The second kappa shape index (κ2) is 8.04. The Morgan fingerprint density at radius 3 is 2.52 bits per heavy atom. The van der Waals surface area contributed by atoms with Crippen molar-refractivity contribution < 1.29 is 23.8 Å². The number of hydrogen-bond acceptors (Lipinski definition) is 5. The molecule has 1 spiro atoms. The molecule has 8 heteroatoms. The summed E-state index contributed by atoms with van der Waals surface area (Å²) in [7, 11) is 0. The lowest BCUT2D eigenvalue weighted by atomic mass is 9.72. The van der Waals surface area contributed by atoms with Gasteiger partial charge in [0.05, 0.1) is 12.0 Å². The normalized spacial score (nSPS) is 19.5. The van der Waals surface area contributed by atoms with Crippen LogP contribution in [0.1, 0.15) is 41.9 Å². The number of nitrogens with one attached hydrogen (secondary N) is 1. The molecule has 2 aliphatic rings. The fourth-order valence-corrected chi connectivity index (χ4v) is 5.66. The number of fused-ring (bicyclic) bond motifs is 3. The van der Waals surface area contributed by atoms with Crippen LogP contribution < -0.4 is 10.5 Å². The number of aromatic amines is 1. The maximum atomic E-state index is 15.0. The van der Waals surface area contributed by atoms with Crippen molar-refractivity contribution in [3.05, 3.63) is 75.1 Å². The van der Waals surface area contributed by atoms with Gasteiger partial charge in [-0.1, -0.05) is 12.1 Å². The van der Waals surface area contributed by atoms with Crippen LogP contribution in [0.2, 0.25) is 0 Å². The van der Waals surface area contributed by atoms with Gasteiger partial charge in [-0.25, -0.2) is 8.78 Å². The second-order valence-corrected chi connectivity index (χ2v) is 8.87. The lowest BCUT2D eigenvalue weighted by molar-refractivity contribution is -0.126. The van der Waals surface area contributed by atoms with Crippen LogP contribution in [0.4, 0.5) is 14.6 Å². The average molecular weight is 454 g/mol. The highest BCUT2D eigenvalue weighted by atomic mass is 19.1. The lowest BCUT2D eigenvalue weighted by Crippen LogP contribution is -2.47. The van der Waals surface area contributed by atoms with Crippen molar-refractivity contribution in [3.63, 3.8) is 0 Å². The molecule has 1 aliphatic heterocycles. The first-order valence-corrected chi connectivity index (χ1v) is 11.0. The third kappa shape index (κ3) is 3.28. The number of anilines is 1. The Kier molecular flexibility index (Phi) is 5.29. The first-order valence-electron chi connectivity index (χ1n) is 11.0. The molecule has 1 atom stereocenters. The first kappa shape index (κ1) is 21.7. The average Bonchev–Trinajstić information content (AvgIpc) is 3.02. The third-order valence-electron chi connectivity index (χ3n) is 7.24. The fourth-order valence-electron chi connectivity index (χ4n) is 5.66. The van der Waals surface area contributed by atoms with Gasteiger partial charge in [-0.05, 0) is 54.0 Å². The smallest absolute Gasteiger partial charge is 0.257 e. The van der Waals surface area contributed by atoms with E-state index in [-0.39, 0.29) is 36.5 Å². The molecule has 1 unspecified atom stereocenters. The molecule has 1 aromatic heterocycles. The summed E-state index contributed by atoms with van der Waals surface area (Å²) in [5, 5.41) is 20.2. The number of piperidine rings is 1. The molecular formula is C25H24F2N2O4. The second-order valence-electron chi connectivity index (χ2n) is 8.87. The third-order valence-corrected chi connectivity index (χ3v) is 7.24. The number of rotatable bonds is 4. The van der Waals surface area contributed by atoms with Crippen LogP contribution in [0, 0.1) is 11.6 Å². The van der Waals surface area contributed by atoms with Crippen LogP contribution in [0.15, 0.2) is 41.2 Å². The number of halogens is 2. The van der Waals surface area contributed by atoms with Crippen LogP contribution in [-0.4, -0.2) is 40.7 Å². The molecule has 33 heavy (non-hydrogen) atoms. The maximum absolute atomic E-state index is 15.0. The van der Waals surface area contributed by atoms with Gasteiger partial charge >= 0.3 is 0 Å². The van der Waals surface area contributed by atoms with Crippen molar-refractivity contribution in [1.29, 1.82) is 0 Å². The van der Waals surface area contributed by atoms with Gasteiger partial charge in [0, 0.05) is 42.6 Å². The van der Waals surface area contributed by atoms with E-state index in [9.17, 15) is 28.6 Å². The van der Waals surface area contributed by atoms with Crippen molar-refractivity contribution in [3.8, 4) is 0 Å². The van der Waals surface area contributed by atoms with Crippen molar-refractivity contribution in [2.75, 3.05) is 24.6 Å². The zero-order valence-corrected chi connectivity index (χ0v) is 17.9. The summed E-state index contributed by atoms with van der Waals surface area (Å²) in [6, 6.07) is 9.02. The number of aromatic nitrogens is 1. The Bertz CT molecular complexity index is 1310. The largest absolute Gasteiger partial charge is 0.396 e. The monoisotopic (exact) mass is 454 g/mol. The highest BCUT2D eigenvalue weighted by Crippen LogP contribution is 2.51. The van der Waals surface area contributed by atoms with Crippen molar-refractivity contribution in [1.82, 2.24) is 4.98 Å². The Morgan fingerprint density at radius 1 is 1.06 bits per heavy atom. The van der Waals surface area contributed by atoms with Gasteiger partial charge in [0.15, 0.2) is 5.78 Å². The predicted octanol–water partition coefficient (Wildman–Crippen LogP) is 2.89. The maximum Gasteiger partial charge on any atom is 0.257 e. The van der Waals surface area contributed by atoms with Crippen molar-refractivity contribution in [2.24, 2.45) is 0 Å². The highest BCUT2D eigenvalue weighted by molar-refractivity contribution is 6.01. The van der Waals surface area contributed by atoms with Gasteiger partial charge < -0.3 is 20.1 Å². The molecule has 1 saturated heterocycles. The summed E-state index contributed by atoms with van der Waals surface area (Å²) in [6.45, 7) is 0.325. The Morgan fingerprint density at radius 2 is 1.82 bits per heavy atom. The molecular weight excluding hydrogens is 430 g/mol. The Balaban J connectivity index is 1.51. The zero-order chi connectivity index (χ0) is 23.3. The molecule has 0 saturated carbocycles. The summed E-state index contributed by atoms with van der Waals surface area (Å²) >= 11 is 0. The van der Waals surface area contributed by atoms with E-state index in [1.165, 1.54) is 6.07 Å². The number of carbonyl (C=O) groups excluding carboxylic acids is 1. The van der Waals surface area contributed by atoms with E-state index in [0.29, 0.717) is 53.6 Å². The number of ketones is 1. The Labute approximate surface area is 188 Å². The van der Waals surface area contributed by atoms with Gasteiger partial charge in [0.25, 0.3) is 5.56 Å². The van der Waals surface area contributed by atoms with Gasteiger partial charge in [0.2, 0.25) is 0 Å². The van der Waals surface area contributed by atoms with Crippen molar-refractivity contribution in [2.45, 2.75) is 37.2 Å². The molecule has 0 radical (unpaired) electrons. The molecule has 172 valence electrons. The molecule has 1 fully saturated rings. The molecule has 3 aromatic rings. The molecule has 6 nitrogen and oxygen atoms in total. The van der Waals surface area contributed by atoms with Crippen LogP contribution in [0.3, 0.4) is 0 Å². The summed E-state index contributed by atoms with van der Waals surface area (Å²) in [5.41, 5.74) is -0.112. The molecule has 0 amide bonds. The van der Waals surface area contributed by atoms with E-state index < -0.39 is 23.0 Å². The van der Waals surface area contributed by atoms with E-state index in [0.717, 1.165) is 6.07 Å². The number of benzene rings is 2. The summed E-state index contributed by atoms with van der Waals surface area (Å²) in [5.74, 6) is -1.79. The molecule has 0 bridgehead atoms. The van der Waals surface area contributed by atoms with Crippen LogP contribution in [0.25, 0.3) is 10.8 Å². The standard InChI is InChI=1S/C25H24F2N2O4/c26-15-10-19-16(4-9-30)23(32)25(22(19)20(27)11-15)5-7-29(8-6-25)21-12-18-14(13-31)2-1-3-17(18)24(33)28-21/h1-3,10-12,16,30-31H,4-9,13H2,(H,28,33). The summed E-state index contributed by atoms with van der Waals surface area (Å²) in [4.78, 5) is 30.9. The number of hydrogen-bond donors (Lipinski definition) is 3. The number of pyridine rings is 1. The number of carbonyl (C=O) groups is 1. The van der Waals surface area contributed by atoms with E-state index in [2.05, 4.69) is 4.98 Å². The summed E-state index contributed by atoms with van der Waals surface area (Å²) < 4.78 is 28.9. The minimum atomic E-state index is -1.07. The van der Waals surface area contributed by atoms with Gasteiger partial charge in [-0.3, -0.25) is 9.59 Å². The van der Waals surface area contributed by atoms with E-state index in [1.54, 1.807) is 18.2 Å². The zero-order valence-electron chi connectivity index (χ0n) is 17.9. The van der Waals surface area contributed by atoms with Gasteiger partial charge in [-0.15, -0.1) is 0 Å². The van der Waals surface area contributed by atoms with Gasteiger partial charge in [-0.2, -0.15) is 0 Å².